The Morgan fingerprint density at radius 3 is 2.40 bits per heavy atom. The van der Waals surface area contributed by atoms with E-state index >= 15 is 0 Å². The van der Waals surface area contributed by atoms with Crippen molar-refractivity contribution in [3.8, 4) is 11.9 Å². The van der Waals surface area contributed by atoms with E-state index < -0.39 is 12.1 Å². The summed E-state index contributed by atoms with van der Waals surface area (Å²) in [6, 6.07) is 5.20. The Morgan fingerprint density at radius 2 is 1.90 bits per heavy atom. The van der Waals surface area contributed by atoms with Crippen LogP contribution < -0.4 is 4.74 Å². The van der Waals surface area contributed by atoms with E-state index in [0.717, 1.165) is 0 Å². The van der Waals surface area contributed by atoms with Gasteiger partial charge >= 0.3 is 6.18 Å². The Labute approximate surface area is 115 Å². The van der Waals surface area contributed by atoms with Gasteiger partial charge in [-0.05, 0) is 38.7 Å². The monoisotopic (exact) mass is 284 g/mol. The summed E-state index contributed by atoms with van der Waals surface area (Å²) in [5.74, 6) is -0.838. The van der Waals surface area contributed by atoms with Gasteiger partial charge in [0.1, 0.15) is 12.2 Å². The topological polar surface area (TPSA) is 45.9 Å². The van der Waals surface area contributed by atoms with Gasteiger partial charge in [-0.1, -0.05) is 0 Å². The van der Waals surface area contributed by atoms with Crippen LogP contribution in [0.5, 0.6) is 5.88 Å². The Hall–Kier alpha value is -1.77. The van der Waals surface area contributed by atoms with Crippen molar-refractivity contribution in [2.24, 2.45) is 5.92 Å². The predicted octanol–water partition coefficient (Wildman–Crippen LogP) is 3.76. The van der Waals surface area contributed by atoms with Crippen molar-refractivity contribution in [1.29, 1.82) is 5.26 Å². The van der Waals surface area contributed by atoms with Crippen LogP contribution in [0.2, 0.25) is 0 Å². The Morgan fingerprint density at radius 1 is 1.25 bits per heavy atom. The molecule has 0 bridgehead atoms. The van der Waals surface area contributed by atoms with Gasteiger partial charge in [-0.3, -0.25) is 0 Å². The third-order valence-corrected chi connectivity index (χ3v) is 3.61. The molecule has 3 nitrogen and oxygen atoms in total. The first-order valence-electron chi connectivity index (χ1n) is 6.51. The van der Waals surface area contributed by atoms with Gasteiger partial charge in [0, 0.05) is 6.07 Å². The van der Waals surface area contributed by atoms with Crippen LogP contribution in [-0.4, -0.2) is 17.3 Å². The number of aryl methyl sites for hydroxylation is 1. The maximum Gasteiger partial charge on any atom is 0.391 e. The molecule has 1 heterocycles. The molecule has 0 radical (unpaired) electrons. The zero-order valence-corrected chi connectivity index (χ0v) is 11.1. The van der Waals surface area contributed by atoms with Gasteiger partial charge in [0.25, 0.3) is 0 Å². The minimum atomic E-state index is -4.10. The van der Waals surface area contributed by atoms with Crippen LogP contribution in [0.1, 0.15) is 36.9 Å². The molecule has 2 rings (SSSR count). The van der Waals surface area contributed by atoms with Gasteiger partial charge in [0.2, 0.25) is 5.88 Å². The molecule has 1 aliphatic carbocycles. The molecule has 6 heteroatoms. The number of alkyl halides is 3. The molecule has 0 saturated heterocycles. The molecule has 0 amide bonds. The van der Waals surface area contributed by atoms with Crippen LogP contribution in [0, 0.1) is 24.2 Å². The molecule has 1 saturated carbocycles. The molecule has 0 aliphatic heterocycles. The lowest BCUT2D eigenvalue weighted by Gasteiger charge is -2.29. The van der Waals surface area contributed by atoms with E-state index in [2.05, 4.69) is 4.98 Å². The fraction of sp³-hybridized carbons (Fsp3) is 0.571. The predicted molar refractivity (Wildman–Crippen MR) is 66.1 cm³/mol. The van der Waals surface area contributed by atoms with Gasteiger partial charge in [-0.2, -0.15) is 18.4 Å². The highest BCUT2D eigenvalue weighted by Gasteiger charge is 2.41. The lowest BCUT2D eigenvalue weighted by Crippen LogP contribution is -2.32. The molecule has 0 atom stereocenters. The first-order chi connectivity index (χ1) is 9.40. The molecular weight excluding hydrogens is 269 g/mol. The maximum atomic E-state index is 12.5. The number of hydrogen-bond acceptors (Lipinski definition) is 3. The highest BCUT2D eigenvalue weighted by atomic mass is 19.4. The Bertz CT molecular complexity index is 514. The molecule has 0 N–H and O–H groups in total. The van der Waals surface area contributed by atoms with E-state index in [-0.39, 0.29) is 18.9 Å². The first-order valence-corrected chi connectivity index (χ1v) is 6.51. The second-order valence-corrected chi connectivity index (χ2v) is 5.03. The minimum absolute atomic E-state index is 0.101. The zero-order chi connectivity index (χ0) is 14.8. The lowest BCUT2D eigenvalue weighted by molar-refractivity contribution is -0.185. The molecule has 1 aliphatic rings. The summed E-state index contributed by atoms with van der Waals surface area (Å²) in [6.07, 6.45) is -3.37. The van der Waals surface area contributed by atoms with Gasteiger partial charge in [-0.15, -0.1) is 0 Å². The Balaban J connectivity index is 1.93. The van der Waals surface area contributed by atoms with E-state index in [1.807, 2.05) is 6.07 Å². The minimum Gasteiger partial charge on any atom is -0.474 e. The van der Waals surface area contributed by atoms with E-state index in [9.17, 15) is 13.2 Å². The number of nitriles is 1. The summed E-state index contributed by atoms with van der Waals surface area (Å²) in [7, 11) is 0. The van der Waals surface area contributed by atoms with Gasteiger partial charge < -0.3 is 4.74 Å². The molecule has 20 heavy (non-hydrogen) atoms. The quantitative estimate of drug-likeness (QED) is 0.830. The molecule has 0 unspecified atom stereocenters. The number of hydrogen-bond donors (Lipinski definition) is 0. The summed E-state index contributed by atoms with van der Waals surface area (Å²) in [6.45, 7) is 1.70. The van der Waals surface area contributed by atoms with Crippen molar-refractivity contribution in [2.75, 3.05) is 0 Å². The first kappa shape index (κ1) is 14.6. The number of aromatic nitrogens is 1. The van der Waals surface area contributed by atoms with Crippen LogP contribution in [0.3, 0.4) is 0 Å². The maximum absolute atomic E-state index is 12.5. The highest BCUT2D eigenvalue weighted by molar-refractivity contribution is 5.34. The summed E-state index contributed by atoms with van der Waals surface area (Å²) in [4.78, 5) is 4.14. The average molecular weight is 284 g/mol. The summed E-state index contributed by atoms with van der Waals surface area (Å²) >= 11 is 0. The largest absolute Gasteiger partial charge is 0.474 e. The van der Waals surface area contributed by atoms with Crippen molar-refractivity contribution < 1.29 is 17.9 Å². The lowest BCUT2D eigenvalue weighted by atomic mass is 9.87. The highest BCUT2D eigenvalue weighted by Crippen LogP contribution is 2.38. The molecular formula is C14H15F3N2O. The number of nitrogens with zero attached hydrogens (tertiary/aromatic N) is 2. The van der Waals surface area contributed by atoms with Crippen molar-refractivity contribution in [3.63, 3.8) is 0 Å². The second-order valence-electron chi connectivity index (χ2n) is 5.03. The second kappa shape index (κ2) is 5.70. The third kappa shape index (κ3) is 3.41. The van der Waals surface area contributed by atoms with Crippen molar-refractivity contribution in [2.45, 2.75) is 44.9 Å². The molecule has 1 aromatic rings. The fourth-order valence-electron chi connectivity index (χ4n) is 2.40. The zero-order valence-electron chi connectivity index (χ0n) is 11.1. The van der Waals surface area contributed by atoms with Gasteiger partial charge in [0.15, 0.2) is 0 Å². The number of halogens is 3. The standard InChI is InChI=1S/C14H15F3N2O/c1-9-10(8-18)2-7-13(19-9)20-12-5-3-11(4-6-12)14(15,16)17/h2,7,11-12H,3-6H2,1H3. The SMILES string of the molecule is Cc1nc(OC2CCC(C(F)(F)F)CC2)ccc1C#N. The van der Waals surface area contributed by atoms with Crippen LogP contribution in [-0.2, 0) is 0 Å². The fourth-order valence-corrected chi connectivity index (χ4v) is 2.40. The van der Waals surface area contributed by atoms with Gasteiger partial charge in [0.05, 0.1) is 17.2 Å². The van der Waals surface area contributed by atoms with Crippen molar-refractivity contribution in [3.05, 3.63) is 23.4 Å². The number of pyridine rings is 1. The van der Waals surface area contributed by atoms with E-state index in [0.29, 0.717) is 30.0 Å². The number of ether oxygens (including phenoxy) is 1. The molecule has 1 aromatic heterocycles. The summed E-state index contributed by atoms with van der Waals surface area (Å²) in [5, 5.41) is 8.80. The average Bonchev–Trinajstić information content (AvgIpc) is 2.38. The summed E-state index contributed by atoms with van der Waals surface area (Å²) in [5.41, 5.74) is 1.03. The normalized spacial score (nSPS) is 23.1. The summed E-state index contributed by atoms with van der Waals surface area (Å²) < 4.78 is 43.3. The van der Waals surface area contributed by atoms with Crippen molar-refractivity contribution in [1.82, 2.24) is 4.98 Å². The van der Waals surface area contributed by atoms with Crippen LogP contribution in [0.25, 0.3) is 0 Å². The van der Waals surface area contributed by atoms with E-state index in [1.54, 1.807) is 19.1 Å². The smallest absolute Gasteiger partial charge is 0.391 e. The van der Waals surface area contributed by atoms with Crippen LogP contribution in [0.4, 0.5) is 13.2 Å². The van der Waals surface area contributed by atoms with E-state index in [1.165, 1.54) is 0 Å². The molecule has 0 aromatic carbocycles. The van der Waals surface area contributed by atoms with E-state index in [4.69, 9.17) is 10.00 Å². The third-order valence-electron chi connectivity index (χ3n) is 3.61. The van der Waals surface area contributed by atoms with Gasteiger partial charge in [-0.25, -0.2) is 4.98 Å². The molecule has 108 valence electrons. The van der Waals surface area contributed by atoms with Crippen LogP contribution >= 0.6 is 0 Å². The Kier molecular flexibility index (Phi) is 4.17. The molecule has 0 spiro atoms. The number of rotatable bonds is 2. The van der Waals surface area contributed by atoms with Crippen molar-refractivity contribution >= 4 is 0 Å². The van der Waals surface area contributed by atoms with Crippen LogP contribution in [0.15, 0.2) is 12.1 Å². The molecule has 1 fully saturated rings.